The van der Waals surface area contributed by atoms with Gasteiger partial charge in [0.25, 0.3) is 0 Å². The van der Waals surface area contributed by atoms with Crippen molar-refractivity contribution in [2.45, 2.75) is 32.9 Å². The molecule has 3 rings (SSSR count). The van der Waals surface area contributed by atoms with Gasteiger partial charge < -0.3 is 19.9 Å². The molecule has 2 N–H and O–H groups in total. The van der Waals surface area contributed by atoms with Crippen LogP contribution < -0.4 is 15.4 Å². The van der Waals surface area contributed by atoms with Gasteiger partial charge >= 0.3 is 6.36 Å². The van der Waals surface area contributed by atoms with Gasteiger partial charge in [0.2, 0.25) is 0 Å². The molecule has 2 aromatic heterocycles. The first-order chi connectivity index (χ1) is 14.3. The van der Waals surface area contributed by atoms with Crippen molar-refractivity contribution in [3.8, 4) is 5.75 Å². The van der Waals surface area contributed by atoms with Gasteiger partial charge in [-0.2, -0.15) is 0 Å². The maximum absolute atomic E-state index is 12.6. The zero-order valence-corrected chi connectivity index (χ0v) is 20.0. The van der Waals surface area contributed by atoms with Gasteiger partial charge in [-0.15, -0.1) is 58.7 Å². The molecule has 0 amide bonds. The standard InChI is InChI=1S/C19H21F3N6OS.HI/c1-13-26-27-17(28(13)2)12-25-18(24-11-15-7-5-9-30-15)23-10-14-6-3-4-8-16(14)29-19(20,21)22;/h3-9H,10-12H2,1-2H3,(H2,23,24,25);1H. The number of benzene rings is 1. The minimum atomic E-state index is -4.76. The molecule has 0 saturated heterocycles. The van der Waals surface area contributed by atoms with Crippen molar-refractivity contribution in [2.24, 2.45) is 12.0 Å². The van der Waals surface area contributed by atoms with Gasteiger partial charge in [-0.25, -0.2) is 4.99 Å². The maximum Gasteiger partial charge on any atom is 0.573 e. The highest BCUT2D eigenvalue weighted by Crippen LogP contribution is 2.26. The summed E-state index contributed by atoms with van der Waals surface area (Å²) in [6.45, 7) is 2.73. The predicted molar refractivity (Wildman–Crippen MR) is 123 cm³/mol. The molecule has 0 fully saturated rings. The van der Waals surface area contributed by atoms with Gasteiger partial charge in [0.15, 0.2) is 11.8 Å². The minimum Gasteiger partial charge on any atom is -0.405 e. The van der Waals surface area contributed by atoms with Gasteiger partial charge in [0.05, 0.1) is 19.6 Å². The topological polar surface area (TPSA) is 76.4 Å². The van der Waals surface area contributed by atoms with Crippen molar-refractivity contribution in [1.82, 2.24) is 25.4 Å². The number of guanidine groups is 1. The molecule has 168 valence electrons. The lowest BCUT2D eigenvalue weighted by Gasteiger charge is -2.14. The Hall–Kier alpha value is -2.35. The van der Waals surface area contributed by atoms with Gasteiger partial charge in [0.1, 0.15) is 11.6 Å². The molecule has 0 atom stereocenters. The van der Waals surface area contributed by atoms with Crippen LogP contribution in [0.25, 0.3) is 0 Å². The second-order valence-electron chi connectivity index (χ2n) is 6.33. The van der Waals surface area contributed by atoms with Crippen LogP contribution in [-0.2, 0) is 26.7 Å². The van der Waals surface area contributed by atoms with Crippen molar-refractivity contribution >= 4 is 41.3 Å². The lowest BCUT2D eigenvalue weighted by atomic mass is 10.2. The Morgan fingerprint density at radius 1 is 1.13 bits per heavy atom. The third-order valence-corrected chi connectivity index (χ3v) is 5.09. The van der Waals surface area contributed by atoms with E-state index in [4.69, 9.17) is 0 Å². The summed E-state index contributed by atoms with van der Waals surface area (Å²) in [5.74, 6) is 1.65. The average Bonchev–Trinajstić information content (AvgIpc) is 3.32. The number of hydrogen-bond donors (Lipinski definition) is 2. The van der Waals surface area contributed by atoms with E-state index in [0.29, 0.717) is 30.4 Å². The fraction of sp³-hybridized carbons (Fsp3) is 0.316. The Morgan fingerprint density at radius 2 is 1.87 bits per heavy atom. The number of para-hydroxylation sites is 1. The number of nitrogens with one attached hydrogen (secondary N) is 2. The third-order valence-electron chi connectivity index (χ3n) is 4.21. The molecule has 31 heavy (non-hydrogen) atoms. The molecule has 0 aliphatic carbocycles. The quantitative estimate of drug-likeness (QED) is 0.256. The Morgan fingerprint density at radius 3 is 2.52 bits per heavy atom. The molecule has 0 saturated carbocycles. The Balaban J connectivity index is 0.00000341. The van der Waals surface area contributed by atoms with Crippen LogP contribution >= 0.6 is 35.3 Å². The van der Waals surface area contributed by atoms with Gasteiger partial charge in [-0.3, -0.25) is 0 Å². The monoisotopic (exact) mass is 566 g/mol. The van der Waals surface area contributed by atoms with Crippen LogP contribution in [-0.4, -0.2) is 27.1 Å². The summed E-state index contributed by atoms with van der Waals surface area (Å²) in [6.07, 6.45) is -4.76. The zero-order valence-electron chi connectivity index (χ0n) is 16.8. The Bertz CT molecular complexity index is 991. The molecule has 0 bridgehead atoms. The number of aliphatic imine (C=N–C) groups is 1. The molecule has 2 heterocycles. The van der Waals surface area contributed by atoms with Crippen molar-refractivity contribution in [1.29, 1.82) is 0 Å². The number of halogens is 4. The summed E-state index contributed by atoms with van der Waals surface area (Å²) >= 11 is 1.59. The van der Waals surface area contributed by atoms with Crippen molar-refractivity contribution in [3.63, 3.8) is 0 Å². The molecular formula is C19H22F3IN6OS. The average molecular weight is 566 g/mol. The number of ether oxygens (including phenoxy) is 1. The molecule has 0 aliphatic rings. The van der Waals surface area contributed by atoms with Gasteiger partial charge in [-0.05, 0) is 24.4 Å². The first-order valence-electron chi connectivity index (χ1n) is 9.05. The SMILES string of the molecule is Cc1nnc(CNC(=NCc2ccccc2OC(F)(F)F)NCc2cccs2)n1C.I. The molecular weight excluding hydrogens is 544 g/mol. The van der Waals surface area contributed by atoms with Crippen LogP contribution in [0.3, 0.4) is 0 Å². The molecule has 0 unspecified atom stereocenters. The van der Waals surface area contributed by atoms with Crippen LogP contribution in [0.4, 0.5) is 13.2 Å². The van der Waals surface area contributed by atoms with Crippen LogP contribution in [0.1, 0.15) is 22.1 Å². The number of rotatable bonds is 7. The summed E-state index contributed by atoms with van der Waals surface area (Å²) in [5.41, 5.74) is 0.321. The number of aryl methyl sites for hydroxylation is 1. The van der Waals surface area contributed by atoms with E-state index in [9.17, 15) is 13.2 Å². The Kier molecular flexibility index (Phi) is 9.10. The summed E-state index contributed by atoms with van der Waals surface area (Å²) in [5, 5.41) is 16.4. The van der Waals surface area contributed by atoms with Crippen LogP contribution in [0.5, 0.6) is 5.75 Å². The number of alkyl halides is 3. The van der Waals surface area contributed by atoms with Crippen LogP contribution in [0.2, 0.25) is 0 Å². The first kappa shape index (κ1) is 24.9. The minimum absolute atomic E-state index is 0. The number of hydrogen-bond acceptors (Lipinski definition) is 5. The van der Waals surface area contributed by atoms with Crippen molar-refractivity contribution in [2.75, 3.05) is 0 Å². The predicted octanol–water partition coefficient (Wildman–Crippen LogP) is 4.14. The molecule has 1 aromatic carbocycles. The largest absolute Gasteiger partial charge is 0.573 e. The third kappa shape index (κ3) is 7.69. The smallest absolute Gasteiger partial charge is 0.405 e. The van der Waals surface area contributed by atoms with E-state index >= 15 is 0 Å². The fourth-order valence-electron chi connectivity index (χ4n) is 2.55. The molecule has 7 nitrogen and oxygen atoms in total. The second kappa shape index (κ2) is 11.3. The molecule has 3 aromatic rings. The van der Waals surface area contributed by atoms with E-state index in [1.165, 1.54) is 12.1 Å². The fourth-order valence-corrected chi connectivity index (χ4v) is 3.19. The summed E-state index contributed by atoms with van der Waals surface area (Å²) in [4.78, 5) is 5.53. The van der Waals surface area contributed by atoms with E-state index in [2.05, 4.69) is 30.6 Å². The highest BCUT2D eigenvalue weighted by Gasteiger charge is 2.31. The lowest BCUT2D eigenvalue weighted by Crippen LogP contribution is -2.37. The van der Waals surface area contributed by atoms with Gasteiger partial charge in [-0.1, -0.05) is 24.3 Å². The summed E-state index contributed by atoms with van der Waals surface area (Å²) < 4.78 is 43.9. The maximum atomic E-state index is 12.6. The molecule has 0 radical (unpaired) electrons. The lowest BCUT2D eigenvalue weighted by molar-refractivity contribution is -0.274. The number of aromatic nitrogens is 3. The second-order valence-corrected chi connectivity index (χ2v) is 7.36. The van der Waals surface area contributed by atoms with E-state index < -0.39 is 6.36 Å². The Labute approximate surface area is 198 Å². The van der Waals surface area contributed by atoms with Crippen LogP contribution in [0, 0.1) is 6.92 Å². The highest BCUT2D eigenvalue weighted by atomic mass is 127. The van der Waals surface area contributed by atoms with E-state index in [1.807, 2.05) is 36.1 Å². The van der Waals surface area contributed by atoms with Crippen molar-refractivity contribution in [3.05, 3.63) is 63.9 Å². The van der Waals surface area contributed by atoms with Gasteiger partial charge in [0, 0.05) is 17.5 Å². The first-order valence-corrected chi connectivity index (χ1v) is 9.93. The normalized spacial score (nSPS) is 11.7. The summed E-state index contributed by atoms with van der Waals surface area (Å²) in [7, 11) is 1.85. The molecule has 0 aliphatic heterocycles. The molecule has 0 spiro atoms. The summed E-state index contributed by atoms with van der Waals surface area (Å²) in [6, 6.07) is 9.87. The molecule has 12 heteroatoms. The van der Waals surface area contributed by atoms with Crippen LogP contribution in [0.15, 0.2) is 46.8 Å². The highest BCUT2D eigenvalue weighted by molar-refractivity contribution is 14.0. The number of nitrogens with zero attached hydrogens (tertiary/aromatic N) is 4. The van der Waals surface area contributed by atoms with Crippen molar-refractivity contribution < 1.29 is 17.9 Å². The van der Waals surface area contributed by atoms with E-state index in [-0.39, 0.29) is 36.3 Å². The van der Waals surface area contributed by atoms with E-state index in [0.717, 1.165) is 10.7 Å². The van der Waals surface area contributed by atoms with E-state index in [1.54, 1.807) is 23.5 Å². The number of thiophene rings is 1. The zero-order chi connectivity index (χ0) is 21.6.